The van der Waals surface area contributed by atoms with Crippen molar-refractivity contribution < 1.29 is 28.5 Å². The van der Waals surface area contributed by atoms with Gasteiger partial charge in [0.25, 0.3) is 0 Å². The molecule has 7 heteroatoms. The molecule has 1 aliphatic heterocycles. The monoisotopic (exact) mass is 543 g/mol. The molecule has 0 unspecified atom stereocenters. The molecule has 0 radical (unpaired) electrons. The van der Waals surface area contributed by atoms with E-state index in [1.54, 1.807) is 41.3 Å². The summed E-state index contributed by atoms with van der Waals surface area (Å²) in [5.74, 6) is -0.463. The smallest absolute Gasteiger partial charge is 0.410 e. The molecule has 210 valence electrons. The highest BCUT2D eigenvalue weighted by atomic mass is 16.6. The molecule has 1 aliphatic rings. The lowest BCUT2D eigenvalue weighted by molar-refractivity contribution is -0.131. The summed E-state index contributed by atoms with van der Waals surface area (Å²) >= 11 is 0. The Labute approximate surface area is 236 Å². The van der Waals surface area contributed by atoms with Gasteiger partial charge in [-0.25, -0.2) is 9.59 Å². The average Bonchev–Trinajstić information content (AvgIpc) is 2.94. The summed E-state index contributed by atoms with van der Waals surface area (Å²) in [5, 5.41) is 0. The minimum atomic E-state index is -0.752. The molecule has 0 bridgehead atoms. The zero-order valence-corrected chi connectivity index (χ0v) is 23.3. The molecule has 0 saturated carbocycles. The largest absolute Gasteiger partial charge is 0.452 e. The predicted molar refractivity (Wildman–Crippen MR) is 153 cm³/mol. The number of hydrogen-bond acceptors (Lipinski definition) is 6. The van der Waals surface area contributed by atoms with Gasteiger partial charge in [0.05, 0.1) is 25.3 Å². The van der Waals surface area contributed by atoms with E-state index in [2.05, 4.69) is 0 Å². The van der Waals surface area contributed by atoms with E-state index in [-0.39, 0.29) is 19.7 Å². The van der Waals surface area contributed by atoms with E-state index in [0.29, 0.717) is 12.2 Å². The standard InChI is InChI=1S/C33H37NO6/c1-33(2,3)40-32(36)34-21-13-20-28(39-31(35)27-18-11-6-12-19-27)30(38-24-26-16-9-5-10-17-26)29(22-34)37-23-25-14-7-4-8-15-25/h4-20,28-30H,21-24H2,1-3H3/b20-13-/t28-,29+,30+/m1/s1. The van der Waals surface area contributed by atoms with E-state index >= 15 is 0 Å². The molecule has 0 fully saturated rings. The first-order chi connectivity index (χ1) is 19.3. The molecule has 1 amide bonds. The maximum atomic E-state index is 13.1. The third kappa shape index (κ3) is 8.79. The summed E-state index contributed by atoms with van der Waals surface area (Å²) < 4.78 is 24.6. The Kier molecular flexibility index (Phi) is 10.1. The minimum absolute atomic E-state index is 0.185. The van der Waals surface area contributed by atoms with Crippen LogP contribution in [0.25, 0.3) is 0 Å². The molecular weight excluding hydrogens is 506 g/mol. The van der Waals surface area contributed by atoms with Crippen molar-refractivity contribution in [3.05, 3.63) is 120 Å². The van der Waals surface area contributed by atoms with E-state index in [0.717, 1.165) is 11.1 Å². The molecular formula is C33H37NO6. The van der Waals surface area contributed by atoms with Gasteiger partial charge in [-0.2, -0.15) is 0 Å². The lowest BCUT2D eigenvalue weighted by Crippen LogP contribution is -2.51. The Balaban J connectivity index is 1.64. The van der Waals surface area contributed by atoms with Crippen molar-refractivity contribution in [3.8, 4) is 0 Å². The van der Waals surface area contributed by atoms with Gasteiger partial charge in [-0.05, 0) is 50.1 Å². The van der Waals surface area contributed by atoms with Crippen LogP contribution >= 0.6 is 0 Å². The van der Waals surface area contributed by atoms with E-state index < -0.39 is 36.0 Å². The molecule has 3 aromatic carbocycles. The SMILES string of the molecule is CC(C)(C)OC(=O)N1C/C=C\[C@@H](OC(=O)c2ccccc2)[C@H](OCc2ccccc2)[C@@H](OCc2ccccc2)C1. The van der Waals surface area contributed by atoms with Crippen molar-refractivity contribution in [1.29, 1.82) is 0 Å². The third-order valence-corrected chi connectivity index (χ3v) is 6.24. The first kappa shape index (κ1) is 29.1. The molecule has 0 aromatic heterocycles. The quantitative estimate of drug-likeness (QED) is 0.249. The molecule has 3 atom stereocenters. The van der Waals surface area contributed by atoms with E-state index in [9.17, 15) is 9.59 Å². The maximum Gasteiger partial charge on any atom is 0.410 e. The molecule has 40 heavy (non-hydrogen) atoms. The van der Waals surface area contributed by atoms with Crippen molar-refractivity contribution >= 4 is 12.1 Å². The van der Waals surface area contributed by atoms with Crippen LogP contribution in [0.15, 0.2) is 103 Å². The summed E-state index contributed by atoms with van der Waals surface area (Å²) in [5.41, 5.74) is 1.73. The lowest BCUT2D eigenvalue weighted by Gasteiger charge is -2.37. The Morgan fingerprint density at radius 2 is 1.35 bits per heavy atom. The summed E-state index contributed by atoms with van der Waals surface area (Å²) in [6, 6.07) is 28.4. The Bertz CT molecular complexity index is 1240. The van der Waals surface area contributed by atoms with Gasteiger partial charge in [0.15, 0.2) is 0 Å². The van der Waals surface area contributed by atoms with E-state index in [4.69, 9.17) is 18.9 Å². The van der Waals surface area contributed by atoms with Crippen LogP contribution < -0.4 is 0 Å². The number of benzene rings is 3. The fraction of sp³-hybridized carbons (Fsp3) is 0.333. The average molecular weight is 544 g/mol. The van der Waals surface area contributed by atoms with Gasteiger partial charge in [-0.15, -0.1) is 0 Å². The number of carbonyl (C=O) groups is 2. The first-order valence-electron chi connectivity index (χ1n) is 13.5. The van der Waals surface area contributed by atoms with Gasteiger partial charge < -0.3 is 23.8 Å². The molecule has 0 saturated heterocycles. The number of esters is 1. The number of amides is 1. The normalized spacial score (nSPS) is 20.2. The Morgan fingerprint density at radius 1 is 0.800 bits per heavy atom. The number of ether oxygens (including phenoxy) is 4. The zero-order valence-electron chi connectivity index (χ0n) is 23.3. The Morgan fingerprint density at radius 3 is 1.93 bits per heavy atom. The van der Waals surface area contributed by atoms with Crippen LogP contribution in [0.3, 0.4) is 0 Å². The molecule has 4 rings (SSSR count). The number of nitrogens with zero attached hydrogens (tertiary/aromatic N) is 1. The molecule has 0 spiro atoms. The van der Waals surface area contributed by atoms with Gasteiger partial charge in [0.2, 0.25) is 0 Å². The maximum absolute atomic E-state index is 13.1. The zero-order chi connectivity index (χ0) is 28.4. The summed E-state index contributed by atoms with van der Waals surface area (Å²) in [4.78, 5) is 27.8. The summed E-state index contributed by atoms with van der Waals surface area (Å²) in [6.45, 7) is 6.52. The van der Waals surface area contributed by atoms with Crippen LogP contribution in [-0.4, -0.2) is 54.0 Å². The van der Waals surface area contributed by atoms with Crippen LogP contribution in [0.2, 0.25) is 0 Å². The van der Waals surface area contributed by atoms with Crippen LogP contribution in [0.5, 0.6) is 0 Å². The fourth-order valence-corrected chi connectivity index (χ4v) is 4.28. The van der Waals surface area contributed by atoms with Crippen molar-refractivity contribution in [2.24, 2.45) is 0 Å². The second-order valence-corrected chi connectivity index (χ2v) is 10.6. The number of carbonyl (C=O) groups excluding carboxylic acids is 2. The highest BCUT2D eigenvalue weighted by Crippen LogP contribution is 2.23. The summed E-state index contributed by atoms with van der Waals surface area (Å²) in [6.07, 6.45) is 1.03. The second kappa shape index (κ2) is 13.9. The molecule has 3 aromatic rings. The Hall–Kier alpha value is -3.94. The second-order valence-electron chi connectivity index (χ2n) is 10.6. The van der Waals surface area contributed by atoms with Crippen molar-refractivity contribution in [1.82, 2.24) is 4.90 Å². The highest BCUT2D eigenvalue weighted by molar-refractivity contribution is 5.89. The van der Waals surface area contributed by atoms with Crippen LogP contribution in [0, 0.1) is 0 Å². The van der Waals surface area contributed by atoms with Crippen LogP contribution in [0.4, 0.5) is 4.79 Å². The molecule has 0 aliphatic carbocycles. The van der Waals surface area contributed by atoms with Crippen LogP contribution in [-0.2, 0) is 32.2 Å². The minimum Gasteiger partial charge on any atom is -0.452 e. The van der Waals surface area contributed by atoms with Crippen molar-refractivity contribution in [2.75, 3.05) is 13.1 Å². The van der Waals surface area contributed by atoms with Crippen molar-refractivity contribution in [3.63, 3.8) is 0 Å². The predicted octanol–water partition coefficient (Wildman–Crippen LogP) is 6.19. The van der Waals surface area contributed by atoms with Crippen LogP contribution in [0.1, 0.15) is 42.3 Å². The summed E-state index contributed by atoms with van der Waals surface area (Å²) in [7, 11) is 0. The number of hydrogen-bond donors (Lipinski definition) is 0. The van der Waals surface area contributed by atoms with Crippen molar-refractivity contribution in [2.45, 2.75) is 57.9 Å². The third-order valence-electron chi connectivity index (χ3n) is 6.24. The van der Waals surface area contributed by atoms with Gasteiger partial charge in [0.1, 0.15) is 23.9 Å². The molecule has 0 N–H and O–H groups in total. The fourth-order valence-electron chi connectivity index (χ4n) is 4.28. The molecule has 7 nitrogen and oxygen atoms in total. The van der Waals surface area contributed by atoms with E-state index in [1.807, 2.05) is 87.5 Å². The first-order valence-corrected chi connectivity index (χ1v) is 13.5. The van der Waals surface area contributed by atoms with Gasteiger partial charge in [0, 0.05) is 6.54 Å². The van der Waals surface area contributed by atoms with Gasteiger partial charge in [-0.3, -0.25) is 0 Å². The van der Waals surface area contributed by atoms with Gasteiger partial charge in [-0.1, -0.05) is 84.9 Å². The number of rotatable bonds is 8. The lowest BCUT2D eigenvalue weighted by atomic mass is 10.0. The highest BCUT2D eigenvalue weighted by Gasteiger charge is 2.37. The topological polar surface area (TPSA) is 74.3 Å². The van der Waals surface area contributed by atoms with Gasteiger partial charge >= 0.3 is 12.1 Å². The van der Waals surface area contributed by atoms with E-state index in [1.165, 1.54) is 0 Å². The molecule has 1 heterocycles.